The molecule has 0 bridgehead atoms. The van der Waals surface area contributed by atoms with Gasteiger partial charge in [0.2, 0.25) is 0 Å². The molecule has 0 atom stereocenters. The van der Waals surface area contributed by atoms with E-state index in [4.69, 9.17) is 9.47 Å². The number of hydrazone groups is 1. The van der Waals surface area contributed by atoms with Crippen LogP contribution in [0.4, 0.5) is 0 Å². The molecule has 6 nitrogen and oxygen atoms in total. The molecule has 6 heteroatoms. The summed E-state index contributed by atoms with van der Waals surface area (Å²) in [5.41, 5.74) is 3.42. The van der Waals surface area contributed by atoms with Crippen LogP contribution < -0.4 is 10.2 Å². The molecule has 1 aromatic rings. The number of morpholine rings is 1. The molecule has 0 saturated carbocycles. The highest BCUT2D eigenvalue weighted by atomic mass is 16.5. The second-order valence-corrected chi connectivity index (χ2v) is 4.69. The Labute approximate surface area is 124 Å². The third kappa shape index (κ3) is 5.53. The summed E-state index contributed by atoms with van der Waals surface area (Å²) in [5.74, 6) is 0.676. The molecule has 1 N–H and O–H groups in total. The molecule has 0 spiro atoms. The van der Waals surface area contributed by atoms with Crippen LogP contribution in [-0.4, -0.2) is 56.5 Å². The Morgan fingerprint density at radius 3 is 3.05 bits per heavy atom. The average molecular weight is 291 g/mol. The second kappa shape index (κ2) is 8.39. The first-order valence-electron chi connectivity index (χ1n) is 7.13. The number of amides is 1. The lowest BCUT2D eigenvalue weighted by Gasteiger charge is -2.25. The number of carbonyl (C=O) groups excluding carboxylic acids is 1. The van der Waals surface area contributed by atoms with Crippen LogP contribution in [0.2, 0.25) is 0 Å². The summed E-state index contributed by atoms with van der Waals surface area (Å²) in [7, 11) is 0. The van der Waals surface area contributed by atoms with Crippen LogP contribution in [0.15, 0.2) is 29.4 Å². The predicted molar refractivity (Wildman–Crippen MR) is 80.6 cm³/mol. The summed E-state index contributed by atoms with van der Waals surface area (Å²) < 4.78 is 10.6. The first-order valence-corrected chi connectivity index (χ1v) is 7.13. The number of rotatable bonds is 6. The van der Waals surface area contributed by atoms with E-state index in [9.17, 15) is 4.79 Å². The van der Waals surface area contributed by atoms with Crippen LogP contribution in [0.1, 0.15) is 12.5 Å². The molecule has 0 aliphatic carbocycles. The van der Waals surface area contributed by atoms with Gasteiger partial charge in [-0.3, -0.25) is 9.69 Å². The summed E-state index contributed by atoms with van der Waals surface area (Å²) in [5, 5.41) is 3.97. The van der Waals surface area contributed by atoms with Crippen molar-refractivity contribution in [3.8, 4) is 5.75 Å². The highest BCUT2D eigenvalue weighted by molar-refractivity contribution is 5.83. The van der Waals surface area contributed by atoms with Gasteiger partial charge in [0.15, 0.2) is 0 Å². The van der Waals surface area contributed by atoms with Crippen LogP contribution in [-0.2, 0) is 9.53 Å². The topological polar surface area (TPSA) is 63.2 Å². The highest BCUT2D eigenvalue weighted by Gasteiger charge is 2.13. The molecule has 1 heterocycles. The van der Waals surface area contributed by atoms with E-state index in [0.717, 1.165) is 24.4 Å². The minimum atomic E-state index is -0.117. The normalized spacial score (nSPS) is 16.0. The molecule has 1 aliphatic heterocycles. The Morgan fingerprint density at radius 2 is 2.29 bits per heavy atom. The van der Waals surface area contributed by atoms with Crippen molar-refractivity contribution < 1.29 is 14.3 Å². The van der Waals surface area contributed by atoms with Crippen molar-refractivity contribution in [3.05, 3.63) is 29.8 Å². The molecule has 114 valence electrons. The van der Waals surface area contributed by atoms with Crippen molar-refractivity contribution in [2.75, 3.05) is 39.5 Å². The van der Waals surface area contributed by atoms with Gasteiger partial charge >= 0.3 is 0 Å². The molecular formula is C15H21N3O3. The smallest absolute Gasteiger partial charge is 0.254 e. The maximum atomic E-state index is 11.7. The minimum Gasteiger partial charge on any atom is -0.494 e. The van der Waals surface area contributed by atoms with Gasteiger partial charge in [0.25, 0.3) is 5.91 Å². The summed E-state index contributed by atoms with van der Waals surface area (Å²) in [6.07, 6.45) is 1.61. The van der Waals surface area contributed by atoms with Gasteiger partial charge in [-0.25, -0.2) is 5.43 Å². The standard InChI is InChI=1S/C15H21N3O3/c1-2-21-14-5-3-4-13(10-14)11-16-17-15(19)12-18-6-8-20-9-7-18/h3-5,10-11H,2,6-9,12H2,1H3,(H,17,19)/b16-11-. The number of hydrogen-bond acceptors (Lipinski definition) is 5. The Kier molecular flexibility index (Phi) is 6.18. The number of nitrogens with one attached hydrogen (secondary N) is 1. The van der Waals surface area contributed by atoms with Crippen LogP contribution in [0.25, 0.3) is 0 Å². The monoisotopic (exact) mass is 291 g/mol. The van der Waals surface area contributed by atoms with E-state index in [-0.39, 0.29) is 5.91 Å². The molecule has 0 unspecified atom stereocenters. The molecular weight excluding hydrogens is 270 g/mol. The van der Waals surface area contributed by atoms with Crippen molar-refractivity contribution in [1.82, 2.24) is 10.3 Å². The van der Waals surface area contributed by atoms with Gasteiger partial charge in [0.05, 0.1) is 32.6 Å². The van der Waals surface area contributed by atoms with E-state index in [0.29, 0.717) is 26.4 Å². The summed E-state index contributed by atoms with van der Waals surface area (Å²) in [6.45, 7) is 5.84. The molecule has 1 aliphatic rings. The second-order valence-electron chi connectivity index (χ2n) is 4.69. The Balaban J connectivity index is 1.78. The SMILES string of the molecule is CCOc1cccc(/C=N\NC(=O)CN2CCOCC2)c1. The third-order valence-electron chi connectivity index (χ3n) is 3.04. The summed E-state index contributed by atoms with van der Waals surface area (Å²) in [6, 6.07) is 7.56. The Morgan fingerprint density at radius 1 is 1.48 bits per heavy atom. The molecule has 21 heavy (non-hydrogen) atoms. The van der Waals surface area contributed by atoms with Crippen LogP contribution in [0.5, 0.6) is 5.75 Å². The minimum absolute atomic E-state index is 0.117. The lowest BCUT2D eigenvalue weighted by molar-refractivity contribution is -0.123. The molecule has 2 rings (SSSR count). The fraction of sp³-hybridized carbons (Fsp3) is 0.467. The third-order valence-corrected chi connectivity index (χ3v) is 3.04. The number of hydrogen-bond donors (Lipinski definition) is 1. The van der Waals surface area contributed by atoms with Gasteiger partial charge in [0, 0.05) is 13.1 Å². The zero-order chi connectivity index (χ0) is 14.9. The van der Waals surface area contributed by atoms with Crippen LogP contribution in [0.3, 0.4) is 0 Å². The Bertz CT molecular complexity index is 485. The van der Waals surface area contributed by atoms with Gasteiger partial charge < -0.3 is 9.47 Å². The van der Waals surface area contributed by atoms with E-state index in [2.05, 4.69) is 10.5 Å². The fourth-order valence-corrected chi connectivity index (χ4v) is 2.03. The first kappa shape index (κ1) is 15.5. The zero-order valence-corrected chi connectivity index (χ0v) is 12.2. The van der Waals surface area contributed by atoms with Gasteiger partial charge in [-0.2, -0.15) is 5.10 Å². The van der Waals surface area contributed by atoms with Crippen LogP contribution in [0, 0.1) is 0 Å². The zero-order valence-electron chi connectivity index (χ0n) is 12.2. The molecule has 0 radical (unpaired) electrons. The van der Waals surface area contributed by atoms with E-state index in [1.165, 1.54) is 0 Å². The van der Waals surface area contributed by atoms with Crippen molar-refractivity contribution >= 4 is 12.1 Å². The van der Waals surface area contributed by atoms with Gasteiger partial charge in [-0.15, -0.1) is 0 Å². The first-order chi connectivity index (χ1) is 10.3. The van der Waals surface area contributed by atoms with E-state index in [1.54, 1.807) is 6.21 Å². The largest absolute Gasteiger partial charge is 0.494 e. The Hall–Kier alpha value is -1.92. The van der Waals surface area contributed by atoms with Gasteiger partial charge in [0.1, 0.15) is 5.75 Å². The van der Waals surface area contributed by atoms with E-state index < -0.39 is 0 Å². The maximum Gasteiger partial charge on any atom is 0.254 e. The number of benzene rings is 1. The van der Waals surface area contributed by atoms with Gasteiger partial charge in [-0.1, -0.05) is 12.1 Å². The van der Waals surface area contributed by atoms with Crippen molar-refractivity contribution in [1.29, 1.82) is 0 Å². The fourth-order valence-electron chi connectivity index (χ4n) is 2.03. The highest BCUT2D eigenvalue weighted by Crippen LogP contribution is 2.11. The molecule has 0 aromatic heterocycles. The van der Waals surface area contributed by atoms with Crippen molar-refractivity contribution in [3.63, 3.8) is 0 Å². The summed E-state index contributed by atoms with van der Waals surface area (Å²) >= 11 is 0. The van der Waals surface area contributed by atoms with E-state index in [1.807, 2.05) is 36.1 Å². The lowest BCUT2D eigenvalue weighted by atomic mass is 10.2. The van der Waals surface area contributed by atoms with Crippen molar-refractivity contribution in [2.24, 2.45) is 5.10 Å². The number of carbonyl (C=O) groups is 1. The summed E-state index contributed by atoms with van der Waals surface area (Å²) in [4.78, 5) is 13.8. The number of ether oxygens (including phenoxy) is 2. The lowest BCUT2D eigenvalue weighted by Crippen LogP contribution is -2.42. The molecule has 1 fully saturated rings. The maximum absolute atomic E-state index is 11.7. The van der Waals surface area contributed by atoms with Crippen molar-refractivity contribution in [2.45, 2.75) is 6.92 Å². The quantitative estimate of drug-likeness (QED) is 0.624. The molecule has 1 saturated heterocycles. The molecule has 1 aromatic carbocycles. The van der Waals surface area contributed by atoms with Crippen LogP contribution >= 0.6 is 0 Å². The number of nitrogens with zero attached hydrogens (tertiary/aromatic N) is 2. The molecule has 1 amide bonds. The average Bonchev–Trinajstić information content (AvgIpc) is 2.49. The van der Waals surface area contributed by atoms with E-state index >= 15 is 0 Å². The predicted octanol–water partition coefficient (Wildman–Crippen LogP) is 0.868. The van der Waals surface area contributed by atoms with Gasteiger partial charge in [-0.05, 0) is 24.6 Å².